The van der Waals surface area contributed by atoms with Crippen LogP contribution >= 0.6 is 0 Å². The Bertz CT molecular complexity index is 2530. The van der Waals surface area contributed by atoms with Crippen molar-refractivity contribution in [3.8, 4) is 23.0 Å². The third-order valence-corrected chi connectivity index (χ3v) is 8.71. The fourth-order valence-electron chi connectivity index (χ4n) is 5.57. The van der Waals surface area contributed by atoms with Crippen LogP contribution in [0.4, 0.5) is 11.4 Å². The largest absolute Gasteiger partial charge is 0.478 e. The predicted octanol–water partition coefficient (Wildman–Crippen LogP) is 12.1. The number of rotatable bonds is 7. The van der Waals surface area contributed by atoms with Crippen LogP contribution in [0.25, 0.3) is 21.5 Å². The van der Waals surface area contributed by atoms with Crippen LogP contribution in [0, 0.1) is 13.8 Å². The number of aromatic carboxylic acids is 1. The number of nitrogens with two attached hydrogens (primary N) is 1. The Labute approximate surface area is 320 Å². The second-order valence-electron chi connectivity index (χ2n) is 12.7. The molecule has 0 aromatic heterocycles. The molecule has 0 radical (unpaired) electrons. The van der Waals surface area contributed by atoms with E-state index in [1.54, 1.807) is 24.3 Å². The Morgan fingerprint density at radius 1 is 0.473 bits per heavy atom. The van der Waals surface area contributed by atoms with Gasteiger partial charge in [0.05, 0.1) is 5.56 Å². The third kappa shape index (κ3) is 10.4. The number of ether oxygens (including phenoxy) is 2. The topological polar surface area (TPSA) is 111 Å². The monoisotopic (exact) mass is 724 g/mol. The van der Waals surface area contributed by atoms with Gasteiger partial charge in [0.15, 0.2) is 0 Å². The minimum atomic E-state index is -0.942. The molecule has 0 bridgehead atoms. The first-order valence-corrected chi connectivity index (χ1v) is 17.7. The molecular weight excluding hydrogens is 685 g/mol. The molecule has 8 aromatic carbocycles. The first kappa shape index (κ1) is 37.4. The van der Waals surface area contributed by atoms with Gasteiger partial charge >= 0.3 is 5.97 Å². The zero-order valence-corrected chi connectivity index (χ0v) is 30.5. The quantitative estimate of drug-likeness (QED) is 0.141. The lowest BCUT2D eigenvalue weighted by Gasteiger charge is -2.10. The number of benzene rings is 8. The minimum Gasteiger partial charge on any atom is -0.478 e. The van der Waals surface area contributed by atoms with Gasteiger partial charge in [0.2, 0.25) is 0 Å². The number of carboxylic acid groups (broad SMARTS) is 1. The Hall–Kier alpha value is -7.38. The van der Waals surface area contributed by atoms with Crippen molar-refractivity contribution in [1.29, 1.82) is 0 Å². The van der Waals surface area contributed by atoms with Gasteiger partial charge in [-0.15, -0.1) is 0 Å². The van der Waals surface area contributed by atoms with E-state index in [0.717, 1.165) is 50.2 Å². The molecule has 0 fully saturated rings. The molecule has 4 N–H and O–H groups in total. The standard InChI is InChI=1S/C24H19NO2.C17H12O3.C7H9N/c1-17-6-2-5-9-23(17)25-24(26)19-11-13-21(14-12-19)27-22-15-10-18-7-3-4-8-20(18)16-22;18-17(19)13-6-8-15(9-7-13)20-16-10-5-12-3-1-2-4-14(12)11-16;1-6-4-2-3-5-7(6)8/h2-16H,1H3,(H,25,26);1-11H,(H,18,19);2-5H,8H2,1H3. The second kappa shape index (κ2) is 17.9. The average Bonchev–Trinajstić information content (AvgIpc) is 3.21. The SMILES string of the molecule is Cc1ccccc1N.Cc1ccccc1NC(=O)c1ccc(Oc2ccc3ccccc3c2)cc1.O=C(O)c1ccc(Oc2ccc3ccccc3c2)cc1. The summed E-state index contributed by atoms with van der Waals surface area (Å²) in [6.07, 6.45) is 0. The van der Waals surface area contributed by atoms with Crippen LogP contribution in [-0.4, -0.2) is 17.0 Å². The van der Waals surface area contributed by atoms with Crippen LogP contribution in [0.2, 0.25) is 0 Å². The number of carboxylic acids is 1. The summed E-state index contributed by atoms with van der Waals surface area (Å²) in [4.78, 5) is 23.2. The Morgan fingerprint density at radius 2 is 0.891 bits per heavy atom. The molecule has 272 valence electrons. The molecule has 0 spiro atoms. The number of carbonyl (C=O) groups is 2. The van der Waals surface area contributed by atoms with Crippen LogP contribution in [0.3, 0.4) is 0 Å². The van der Waals surface area contributed by atoms with Crippen LogP contribution < -0.4 is 20.5 Å². The number of fused-ring (bicyclic) bond motifs is 2. The van der Waals surface area contributed by atoms with Gasteiger partial charge in [-0.3, -0.25) is 4.79 Å². The van der Waals surface area contributed by atoms with Gasteiger partial charge < -0.3 is 25.6 Å². The number of nitrogen functional groups attached to an aromatic ring is 1. The summed E-state index contributed by atoms with van der Waals surface area (Å²) in [5.74, 6) is 1.73. The molecule has 0 unspecified atom stereocenters. The fraction of sp³-hybridized carbons (Fsp3) is 0.0417. The molecule has 0 saturated heterocycles. The first-order chi connectivity index (χ1) is 26.7. The molecule has 0 aliphatic carbocycles. The Balaban J connectivity index is 0.000000160. The molecule has 8 aromatic rings. The first-order valence-electron chi connectivity index (χ1n) is 17.7. The number of aryl methyl sites for hydroxylation is 2. The number of amides is 1. The lowest BCUT2D eigenvalue weighted by atomic mass is 10.1. The van der Waals surface area contributed by atoms with Crippen LogP contribution in [0.15, 0.2) is 182 Å². The lowest BCUT2D eigenvalue weighted by molar-refractivity contribution is 0.0696. The number of para-hydroxylation sites is 2. The van der Waals surface area contributed by atoms with Crippen LogP contribution in [0.5, 0.6) is 23.0 Å². The summed E-state index contributed by atoms with van der Waals surface area (Å²) >= 11 is 0. The van der Waals surface area contributed by atoms with Gasteiger partial charge in [-0.1, -0.05) is 97.1 Å². The molecule has 0 saturated carbocycles. The van der Waals surface area contributed by atoms with Crippen molar-refractivity contribution in [3.63, 3.8) is 0 Å². The normalized spacial score (nSPS) is 10.3. The highest BCUT2D eigenvalue weighted by Crippen LogP contribution is 2.27. The predicted molar refractivity (Wildman–Crippen MR) is 223 cm³/mol. The average molecular weight is 725 g/mol. The Kier molecular flexibility index (Phi) is 12.2. The molecule has 1 amide bonds. The second-order valence-corrected chi connectivity index (χ2v) is 12.7. The molecule has 0 aliphatic rings. The van der Waals surface area contributed by atoms with Crippen molar-refractivity contribution in [2.45, 2.75) is 13.8 Å². The summed E-state index contributed by atoms with van der Waals surface area (Å²) in [5, 5.41) is 16.3. The van der Waals surface area contributed by atoms with Gasteiger partial charge in [-0.05, 0) is 131 Å². The summed E-state index contributed by atoms with van der Waals surface area (Å²) < 4.78 is 11.7. The zero-order chi connectivity index (χ0) is 38.6. The Morgan fingerprint density at radius 3 is 1.35 bits per heavy atom. The van der Waals surface area contributed by atoms with Crippen LogP contribution in [-0.2, 0) is 0 Å². The van der Waals surface area contributed by atoms with Crippen molar-refractivity contribution in [2.75, 3.05) is 11.1 Å². The maximum atomic E-state index is 12.4. The number of carbonyl (C=O) groups excluding carboxylic acids is 1. The van der Waals surface area contributed by atoms with Crippen molar-refractivity contribution in [3.05, 3.63) is 204 Å². The maximum absolute atomic E-state index is 12.4. The van der Waals surface area contributed by atoms with Gasteiger partial charge in [0, 0.05) is 16.9 Å². The van der Waals surface area contributed by atoms with E-state index in [0.29, 0.717) is 17.1 Å². The number of nitrogens with one attached hydrogen (secondary N) is 1. The van der Waals surface area contributed by atoms with Crippen molar-refractivity contribution in [2.24, 2.45) is 0 Å². The number of hydrogen-bond acceptors (Lipinski definition) is 5. The molecule has 55 heavy (non-hydrogen) atoms. The van der Waals surface area contributed by atoms with E-state index in [1.165, 1.54) is 17.5 Å². The van der Waals surface area contributed by atoms with Gasteiger partial charge in [-0.2, -0.15) is 0 Å². The maximum Gasteiger partial charge on any atom is 0.335 e. The summed E-state index contributed by atoms with van der Waals surface area (Å²) in [6, 6.07) is 57.1. The highest BCUT2D eigenvalue weighted by atomic mass is 16.5. The van der Waals surface area contributed by atoms with E-state index in [-0.39, 0.29) is 11.5 Å². The molecule has 0 atom stereocenters. The van der Waals surface area contributed by atoms with Crippen molar-refractivity contribution < 1.29 is 24.2 Å². The molecule has 7 heteroatoms. The zero-order valence-electron chi connectivity index (χ0n) is 30.5. The highest BCUT2D eigenvalue weighted by molar-refractivity contribution is 6.04. The third-order valence-electron chi connectivity index (χ3n) is 8.71. The number of hydrogen-bond donors (Lipinski definition) is 3. The van der Waals surface area contributed by atoms with E-state index in [9.17, 15) is 9.59 Å². The van der Waals surface area contributed by atoms with Crippen molar-refractivity contribution in [1.82, 2.24) is 0 Å². The van der Waals surface area contributed by atoms with Gasteiger partial charge in [-0.25, -0.2) is 4.79 Å². The van der Waals surface area contributed by atoms with E-state index < -0.39 is 5.97 Å². The lowest BCUT2D eigenvalue weighted by Crippen LogP contribution is -2.12. The molecule has 0 heterocycles. The van der Waals surface area contributed by atoms with Crippen LogP contribution in [0.1, 0.15) is 31.8 Å². The number of anilines is 2. The molecule has 8 rings (SSSR count). The van der Waals surface area contributed by atoms with E-state index in [4.69, 9.17) is 20.3 Å². The molecule has 7 nitrogen and oxygen atoms in total. The van der Waals surface area contributed by atoms with Gasteiger partial charge in [0.1, 0.15) is 23.0 Å². The van der Waals surface area contributed by atoms with Crippen molar-refractivity contribution >= 4 is 44.8 Å². The highest BCUT2D eigenvalue weighted by Gasteiger charge is 2.09. The van der Waals surface area contributed by atoms with Gasteiger partial charge in [0.25, 0.3) is 5.91 Å². The smallest absolute Gasteiger partial charge is 0.335 e. The van der Waals surface area contributed by atoms with E-state index in [1.807, 2.05) is 147 Å². The summed E-state index contributed by atoms with van der Waals surface area (Å²) in [5.41, 5.74) is 10.2. The van der Waals surface area contributed by atoms with E-state index >= 15 is 0 Å². The summed E-state index contributed by atoms with van der Waals surface area (Å²) in [6.45, 7) is 3.96. The summed E-state index contributed by atoms with van der Waals surface area (Å²) in [7, 11) is 0. The fourth-order valence-corrected chi connectivity index (χ4v) is 5.57. The molecular formula is C48H40N2O5. The van der Waals surface area contributed by atoms with E-state index in [2.05, 4.69) is 17.4 Å². The minimum absolute atomic E-state index is 0.137. The molecule has 0 aliphatic heterocycles.